The summed E-state index contributed by atoms with van der Waals surface area (Å²) >= 11 is 0. The Balaban J connectivity index is 0.00000272. The van der Waals surface area contributed by atoms with Crippen molar-refractivity contribution in [2.45, 2.75) is 26.9 Å². The second-order valence-electron chi connectivity index (χ2n) is 7.04. The summed E-state index contributed by atoms with van der Waals surface area (Å²) in [5.74, 6) is 1.32. The van der Waals surface area contributed by atoms with Gasteiger partial charge in [0, 0.05) is 23.7 Å². The van der Waals surface area contributed by atoms with Gasteiger partial charge in [-0.15, -0.1) is 24.0 Å². The zero-order valence-corrected chi connectivity index (χ0v) is 20.0. The van der Waals surface area contributed by atoms with Crippen molar-refractivity contribution < 1.29 is 4.42 Å². The van der Waals surface area contributed by atoms with Crippen LogP contribution in [0.4, 0.5) is 0 Å². The molecule has 0 aliphatic carbocycles. The van der Waals surface area contributed by atoms with Gasteiger partial charge in [0.2, 0.25) is 5.89 Å². The van der Waals surface area contributed by atoms with Crippen LogP contribution in [0.2, 0.25) is 0 Å². The maximum absolute atomic E-state index is 5.63. The fraction of sp³-hybridized carbons (Fsp3) is 0.208. The lowest BCUT2D eigenvalue weighted by atomic mass is 10.1. The summed E-state index contributed by atoms with van der Waals surface area (Å²) in [4.78, 5) is 13.7. The molecule has 0 aliphatic rings. The number of nitrogens with zero attached hydrogens (tertiary/aromatic N) is 3. The first-order valence-corrected chi connectivity index (χ1v) is 10.1. The molecule has 0 radical (unpaired) electrons. The van der Waals surface area contributed by atoms with Crippen LogP contribution < -0.4 is 10.6 Å². The number of guanidine groups is 1. The number of hydrogen-bond donors (Lipinski definition) is 2. The number of aromatic nitrogens is 2. The second-order valence-corrected chi connectivity index (χ2v) is 7.04. The zero-order chi connectivity index (χ0) is 20.8. The lowest BCUT2D eigenvalue weighted by molar-refractivity contribution is 0.572. The van der Waals surface area contributed by atoms with Gasteiger partial charge in [0.1, 0.15) is 12.0 Å². The average Bonchev–Trinajstić information content (AvgIpc) is 3.25. The highest BCUT2D eigenvalue weighted by Gasteiger charge is 2.08. The number of fused-ring (bicyclic) bond motifs is 1. The van der Waals surface area contributed by atoms with Crippen molar-refractivity contribution in [3.63, 3.8) is 0 Å². The van der Waals surface area contributed by atoms with Gasteiger partial charge in [-0.3, -0.25) is 4.98 Å². The van der Waals surface area contributed by atoms with Crippen molar-refractivity contribution in [3.05, 3.63) is 84.0 Å². The van der Waals surface area contributed by atoms with E-state index in [0.717, 1.165) is 28.9 Å². The van der Waals surface area contributed by atoms with E-state index in [4.69, 9.17) is 4.42 Å². The number of aryl methyl sites for hydroxylation is 1. The Morgan fingerprint density at radius 1 is 1.03 bits per heavy atom. The van der Waals surface area contributed by atoms with Gasteiger partial charge in [-0.1, -0.05) is 42.0 Å². The summed E-state index contributed by atoms with van der Waals surface area (Å²) in [6.07, 6.45) is 3.50. The minimum absolute atomic E-state index is 0. The molecule has 2 aromatic carbocycles. The van der Waals surface area contributed by atoms with Crippen molar-refractivity contribution in [2.75, 3.05) is 6.54 Å². The SMILES string of the molecule is CCNC(=NCc1coc(-c2ccc(C)cc2)n1)NCc1nccc2ccccc12.I. The Labute approximate surface area is 199 Å². The standard InChI is InChI=1S/C24H25N5O.HI/c1-3-25-24(28-15-22-21-7-5-4-6-18(21)12-13-26-22)27-14-20-16-30-23(29-20)19-10-8-17(2)9-11-19;/h4-13,16H,3,14-15H2,1-2H3,(H2,25,27,28);1H. The van der Waals surface area contributed by atoms with E-state index in [0.29, 0.717) is 24.9 Å². The quantitative estimate of drug-likeness (QED) is 0.208. The predicted molar refractivity (Wildman–Crippen MR) is 135 cm³/mol. The number of nitrogens with one attached hydrogen (secondary N) is 2. The minimum atomic E-state index is 0. The maximum Gasteiger partial charge on any atom is 0.226 e. The first-order chi connectivity index (χ1) is 14.7. The molecule has 160 valence electrons. The number of oxazole rings is 1. The molecule has 2 N–H and O–H groups in total. The van der Waals surface area contributed by atoms with Crippen LogP contribution in [0.1, 0.15) is 23.9 Å². The largest absolute Gasteiger partial charge is 0.444 e. The van der Waals surface area contributed by atoms with Gasteiger partial charge < -0.3 is 15.1 Å². The first-order valence-electron chi connectivity index (χ1n) is 10.1. The Bertz CT molecular complexity index is 1150. The molecule has 0 saturated heterocycles. The van der Waals surface area contributed by atoms with Crippen molar-refractivity contribution in [2.24, 2.45) is 4.99 Å². The van der Waals surface area contributed by atoms with Crippen LogP contribution in [0.15, 0.2) is 76.5 Å². The molecule has 0 atom stereocenters. The summed E-state index contributed by atoms with van der Waals surface area (Å²) in [7, 11) is 0. The van der Waals surface area contributed by atoms with Gasteiger partial charge in [-0.25, -0.2) is 9.98 Å². The van der Waals surface area contributed by atoms with E-state index in [1.807, 2.05) is 55.6 Å². The monoisotopic (exact) mass is 527 g/mol. The van der Waals surface area contributed by atoms with Crippen molar-refractivity contribution >= 4 is 40.7 Å². The van der Waals surface area contributed by atoms with Crippen LogP contribution >= 0.6 is 24.0 Å². The van der Waals surface area contributed by atoms with Gasteiger partial charge in [-0.2, -0.15) is 0 Å². The Morgan fingerprint density at radius 2 is 1.84 bits per heavy atom. The van der Waals surface area contributed by atoms with Gasteiger partial charge in [0.05, 0.1) is 18.8 Å². The Kier molecular flexibility index (Phi) is 8.00. The summed E-state index contributed by atoms with van der Waals surface area (Å²) < 4.78 is 5.63. The van der Waals surface area contributed by atoms with Crippen LogP contribution in [-0.2, 0) is 13.1 Å². The number of halogens is 1. The molecule has 0 fully saturated rings. The van der Waals surface area contributed by atoms with Gasteiger partial charge in [0.15, 0.2) is 5.96 Å². The van der Waals surface area contributed by atoms with Crippen LogP contribution in [0.25, 0.3) is 22.2 Å². The Hall–Kier alpha value is -2.94. The van der Waals surface area contributed by atoms with E-state index in [-0.39, 0.29) is 24.0 Å². The van der Waals surface area contributed by atoms with Gasteiger partial charge >= 0.3 is 0 Å². The van der Waals surface area contributed by atoms with E-state index in [1.165, 1.54) is 10.9 Å². The van der Waals surface area contributed by atoms with Crippen LogP contribution in [-0.4, -0.2) is 22.5 Å². The average molecular weight is 527 g/mol. The molecule has 4 rings (SSSR count). The summed E-state index contributed by atoms with van der Waals surface area (Å²) in [6, 6.07) is 18.4. The predicted octanol–water partition coefficient (Wildman–Crippen LogP) is 5.07. The molecule has 4 aromatic rings. The summed E-state index contributed by atoms with van der Waals surface area (Å²) in [6.45, 7) is 5.87. The molecule has 6 nitrogen and oxygen atoms in total. The first kappa shape index (κ1) is 22.7. The fourth-order valence-electron chi connectivity index (χ4n) is 3.20. The number of aliphatic imine (C=N–C) groups is 1. The fourth-order valence-corrected chi connectivity index (χ4v) is 3.20. The number of pyridine rings is 1. The van der Waals surface area contributed by atoms with Crippen molar-refractivity contribution in [1.82, 2.24) is 20.6 Å². The molecular weight excluding hydrogens is 501 g/mol. The van der Waals surface area contributed by atoms with E-state index >= 15 is 0 Å². The van der Waals surface area contributed by atoms with Crippen LogP contribution in [0.3, 0.4) is 0 Å². The lowest BCUT2D eigenvalue weighted by Gasteiger charge is -2.12. The van der Waals surface area contributed by atoms with Crippen LogP contribution in [0, 0.1) is 6.92 Å². The third-order valence-corrected chi connectivity index (χ3v) is 4.77. The smallest absolute Gasteiger partial charge is 0.226 e. The minimum Gasteiger partial charge on any atom is -0.444 e. The third kappa shape index (κ3) is 5.81. The van der Waals surface area contributed by atoms with E-state index < -0.39 is 0 Å². The topological polar surface area (TPSA) is 75.3 Å². The highest BCUT2D eigenvalue weighted by atomic mass is 127. The molecule has 31 heavy (non-hydrogen) atoms. The maximum atomic E-state index is 5.63. The van der Waals surface area contributed by atoms with Gasteiger partial charge in [0.25, 0.3) is 0 Å². The van der Waals surface area contributed by atoms with E-state index in [1.54, 1.807) is 6.26 Å². The van der Waals surface area contributed by atoms with Crippen molar-refractivity contribution in [1.29, 1.82) is 0 Å². The number of benzene rings is 2. The lowest BCUT2D eigenvalue weighted by Crippen LogP contribution is -2.37. The normalized spacial score (nSPS) is 11.2. The Morgan fingerprint density at radius 3 is 2.65 bits per heavy atom. The number of hydrogen-bond acceptors (Lipinski definition) is 4. The molecule has 0 aliphatic heterocycles. The van der Waals surface area contributed by atoms with E-state index in [9.17, 15) is 0 Å². The van der Waals surface area contributed by atoms with Crippen molar-refractivity contribution in [3.8, 4) is 11.5 Å². The van der Waals surface area contributed by atoms with E-state index in [2.05, 4.69) is 44.7 Å². The second kappa shape index (κ2) is 10.9. The molecule has 0 amide bonds. The molecular formula is C24H26IN5O. The highest BCUT2D eigenvalue weighted by molar-refractivity contribution is 14.0. The molecule has 2 heterocycles. The molecule has 0 unspecified atom stereocenters. The number of rotatable bonds is 6. The van der Waals surface area contributed by atoms with Crippen LogP contribution in [0.5, 0.6) is 0 Å². The molecule has 2 aromatic heterocycles. The molecule has 7 heteroatoms. The molecule has 0 spiro atoms. The molecule has 0 saturated carbocycles. The summed E-state index contributed by atoms with van der Waals surface area (Å²) in [5, 5.41) is 8.95. The molecule has 0 bridgehead atoms. The highest BCUT2D eigenvalue weighted by Crippen LogP contribution is 2.19. The van der Waals surface area contributed by atoms with Gasteiger partial charge in [-0.05, 0) is 37.4 Å². The zero-order valence-electron chi connectivity index (χ0n) is 17.6. The summed E-state index contributed by atoms with van der Waals surface area (Å²) in [5.41, 5.74) is 3.94. The third-order valence-electron chi connectivity index (χ3n) is 4.77.